The van der Waals surface area contributed by atoms with Crippen molar-refractivity contribution in [1.82, 2.24) is 14.5 Å². The quantitative estimate of drug-likeness (QED) is 0.186. The Morgan fingerprint density at radius 1 is 0.370 bits per heavy atom. The number of aromatic nitrogens is 3. The van der Waals surface area contributed by atoms with Crippen molar-refractivity contribution >= 4 is 87.0 Å². The average molecular weight is 688 g/mol. The Hall–Kier alpha value is -7.30. The van der Waals surface area contributed by atoms with E-state index in [0.717, 1.165) is 82.4 Å². The van der Waals surface area contributed by atoms with Gasteiger partial charge in [-0.05, 0) is 68.9 Å². The lowest BCUT2D eigenvalue weighted by atomic mass is 9.93. The fraction of sp³-hybridized carbons (Fsp3) is 0. The lowest BCUT2D eigenvalue weighted by Gasteiger charge is -2.16. The second kappa shape index (κ2) is 11.1. The summed E-state index contributed by atoms with van der Waals surface area (Å²) < 4.78 is 8.64. The molecule has 0 saturated heterocycles. The predicted molar refractivity (Wildman–Crippen MR) is 225 cm³/mol. The zero-order valence-electron chi connectivity index (χ0n) is 29.0. The van der Waals surface area contributed by atoms with Crippen LogP contribution in [0, 0.1) is 0 Å². The molecule has 0 N–H and O–H groups in total. The van der Waals surface area contributed by atoms with Crippen molar-refractivity contribution in [2.45, 2.75) is 0 Å². The first-order valence-electron chi connectivity index (χ1n) is 18.3. The molecule has 0 radical (unpaired) electrons. The molecule has 0 atom stereocenters. The number of nitrogens with zero attached hydrogens (tertiary/aromatic N) is 3. The van der Waals surface area contributed by atoms with Crippen LogP contribution < -0.4 is 0 Å². The van der Waals surface area contributed by atoms with Crippen molar-refractivity contribution in [2.24, 2.45) is 0 Å². The van der Waals surface area contributed by atoms with Crippen molar-refractivity contribution < 1.29 is 4.42 Å². The van der Waals surface area contributed by atoms with Gasteiger partial charge in [0.2, 0.25) is 5.95 Å². The number of furan rings is 1. The number of fused-ring (bicyclic) bond motifs is 11. The molecule has 12 rings (SSSR count). The molecule has 250 valence electrons. The van der Waals surface area contributed by atoms with E-state index in [1.165, 1.54) is 26.9 Å². The highest BCUT2D eigenvalue weighted by Gasteiger charge is 2.24. The highest BCUT2D eigenvalue weighted by molar-refractivity contribution is 6.25. The molecule has 0 aliphatic heterocycles. The SMILES string of the molecule is c1ccc2cc(-c3nc(-n4c5c(-c6ccc7oc8ccccc8c7c6)c6ccccc6cc5c5ccc6ccccc6c54)nc4ccccc34)ccc2c1. The smallest absolute Gasteiger partial charge is 0.235 e. The molecule has 0 spiro atoms. The molecule has 0 unspecified atom stereocenters. The largest absolute Gasteiger partial charge is 0.456 e. The Kier molecular flexibility index (Phi) is 6.02. The molecule has 3 heterocycles. The maximum Gasteiger partial charge on any atom is 0.235 e. The third-order valence-corrected chi connectivity index (χ3v) is 11.1. The molecule has 0 bridgehead atoms. The minimum Gasteiger partial charge on any atom is -0.456 e. The summed E-state index contributed by atoms with van der Waals surface area (Å²) >= 11 is 0. The average Bonchev–Trinajstić information content (AvgIpc) is 3.77. The van der Waals surface area contributed by atoms with Crippen molar-refractivity contribution in [2.75, 3.05) is 0 Å². The van der Waals surface area contributed by atoms with Crippen LogP contribution in [-0.4, -0.2) is 14.5 Å². The maximum atomic E-state index is 6.31. The summed E-state index contributed by atoms with van der Waals surface area (Å²) in [6.45, 7) is 0. The molecule has 12 aromatic rings. The van der Waals surface area contributed by atoms with Crippen LogP contribution in [0.25, 0.3) is 115 Å². The number of hydrogen-bond acceptors (Lipinski definition) is 3. The minimum atomic E-state index is 0.639. The molecule has 0 saturated carbocycles. The summed E-state index contributed by atoms with van der Waals surface area (Å²) in [4.78, 5) is 11.0. The first kappa shape index (κ1) is 29.3. The Morgan fingerprint density at radius 3 is 1.93 bits per heavy atom. The van der Waals surface area contributed by atoms with Gasteiger partial charge in [0.15, 0.2) is 0 Å². The van der Waals surface area contributed by atoms with Gasteiger partial charge in [-0.15, -0.1) is 0 Å². The van der Waals surface area contributed by atoms with Crippen molar-refractivity contribution in [1.29, 1.82) is 0 Å². The van der Waals surface area contributed by atoms with E-state index in [4.69, 9.17) is 14.4 Å². The van der Waals surface area contributed by atoms with Gasteiger partial charge in [-0.25, -0.2) is 9.97 Å². The van der Waals surface area contributed by atoms with Crippen LogP contribution in [0.1, 0.15) is 0 Å². The van der Waals surface area contributed by atoms with Crippen LogP contribution in [-0.2, 0) is 0 Å². The molecular weight excluding hydrogens is 659 g/mol. The summed E-state index contributed by atoms with van der Waals surface area (Å²) in [5, 5.41) is 12.6. The normalized spacial score (nSPS) is 12.1. The highest BCUT2D eigenvalue weighted by atomic mass is 16.3. The van der Waals surface area contributed by atoms with Gasteiger partial charge in [-0.3, -0.25) is 4.57 Å². The highest BCUT2D eigenvalue weighted by Crippen LogP contribution is 2.45. The molecule has 0 amide bonds. The topological polar surface area (TPSA) is 43.9 Å². The molecule has 4 heteroatoms. The molecular formula is C50H29N3O. The summed E-state index contributed by atoms with van der Waals surface area (Å²) in [5.41, 5.74) is 9.04. The lowest BCUT2D eigenvalue weighted by Crippen LogP contribution is -2.04. The van der Waals surface area contributed by atoms with E-state index in [1.54, 1.807) is 0 Å². The number of hydrogen-bond donors (Lipinski definition) is 0. The summed E-state index contributed by atoms with van der Waals surface area (Å²) in [7, 11) is 0. The van der Waals surface area contributed by atoms with Gasteiger partial charge < -0.3 is 4.42 Å². The van der Waals surface area contributed by atoms with Gasteiger partial charge in [0.25, 0.3) is 0 Å². The van der Waals surface area contributed by atoms with Gasteiger partial charge >= 0.3 is 0 Å². The first-order chi connectivity index (χ1) is 26.8. The Labute approximate surface area is 309 Å². The van der Waals surface area contributed by atoms with Crippen LogP contribution in [0.2, 0.25) is 0 Å². The monoisotopic (exact) mass is 687 g/mol. The van der Waals surface area contributed by atoms with Crippen molar-refractivity contribution in [3.05, 3.63) is 176 Å². The summed E-state index contributed by atoms with van der Waals surface area (Å²) in [6.07, 6.45) is 0. The summed E-state index contributed by atoms with van der Waals surface area (Å²) in [6, 6.07) is 62.6. The van der Waals surface area contributed by atoms with Gasteiger partial charge in [0.1, 0.15) is 11.2 Å². The molecule has 0 aliphatic rings. The zero-order chi connectivity index (χ0) is 35.3. The molecule has 4 nitrogen and oxygen atoms in total. The Bertz CT molecular complexity index is 3520. The number of benzene rings is 9. The van der Waals surface area contributed by atoms with Crippen LogP contribution >= 0.6 is 0 Å². The number of rotatable bonds is 3. The molecule has 3 aromatic heterocycles. The van der Waals surface area contributed by atoms with E-state index in [9.17, 15) is 0 Å². The van der Waals surface area contributed by atoms with Gasteiger partial charge in [0.05, 0.1) is 22.2 Å². The lowest BCUT2D eigenvalue weighted by molar-refractivity contribution is 0.669. The van der Waals surface area contributed by atoms with E-state index >= 15 is 0 Å². The predicted octanol–water partition coefficient (Wildman–Crippen LogP) is 13.4. The van der Waals surface area contributed by atoms with Gasteiger partial charge in [0, 0.05) is 43.4 Å². The zero-order valence-corrected chi connectivity index (χ0v) is 29.0. The van der Waals surface area contributed by atoms with Gasteiger partial charge in [-0.2, -0.15) is 0 Å². The maximum absolute atomic E-state index is 6.31. The Morgan fingerprint density at radius 2 is 1.04 bits per heavy atom. The van der Waals surface area contributed by atoms with E-state index in [2.05, 4.69) is 168 Å². The minimum absolute atomic E-state index is 0.639. The fourth-order valence-electron chi connectivity index (χ4n) is 8.69. The standard InChI is InChI=1S/C50H29N3O/c1-2-13-32-27-35(22-21-30(32)11-1)47-40-18-7-9-19-43(40)51-50(52-47)53-48-37-16-6-3-12-31(37)23-25-39(48)42-28-33-14-4-5-15-36(33)46(49(42)53)34-24-26-45-41(29-34)38-17-8-10-20-44(38)54-45/h1-29H. The third-order valence-electron chi connectivity index (χ3n) is 11.1. The number of para-hydroxylation sites is 2. The van der Waals surface area contributed by atoms with Crippen LogP contribution in [0.15, 0.2) is 180 Å². The van der Waals surface area contributed by atoms with Crippen molar-refractivity contribution in [3.8, 4) is 28.3 Å². The van der Waals surface area contributed by atoms with E-state index < -0.39 is 0 Å². The van der Waals surface area contributed by atoms with Crippen LogP contribution in [0.4, 0.5) is 0 Å². The van der Waals surface area contributed by atoms with E-state index in [-0.39, 0.29) is 0 Å². The third kappa shape index (κ3) is 4.19. The van der Waals surface area contributed by atoms with Gasteiger partial charge in [-0.1, -0.05) is 140 Å². The first-order valence-corrected chi connectivity index (χ1v) is 18.3. The molecule has 0 aliphatic carbocycles. The van der Waals surface area contributed by atoms with E-state index in [1.807, 2.05) is 12.1 Å². The second-order valence-electron chi connectivity index (χ2n) is 14.1. The second-order valence-corrected chi connectivity index (χ2v) is 14.1. The summed E-state index contributed by atoms with van der Waals surface area (Å²) in [5.74, 6) is 0.639. The van der Waals surface area contributed by atoms with Crippen molar-refractivity contribution in [3.63, 3.8) is 0 Å². The fourth-order valence-corrected chi connectivity index (χ4v) is 8.69. The Balaban J connectivity index is 1.27. The molecule has 54 heavy (non-hydrogen) atoms. The van der Waals surface area contributed by atoms with E-state index in [0.29, 0.717) is 5.95 Å². The molecule has 9 aromatic carbocycles. The molecule has 0 fully saturated rings. The van der Waals surface area contributed by atoms with Crippen LogP contribution in [0.3, 0.4) is 0 Å². The van der Waals surface area contributed by atoms with Crippen LogP contribution in [0.5, 0.6) is 0 Å².